The average Bonchev–Trinajstić information content (AvgIpc) is 3.73. The highest BCUT2D eigenvalue weighted by Crippen LogP contribution is 2.54. The Morgan fingerprint density at radius 3 is 2.80 bits per heavy atom. The largest absolute Gasteiger partial charge is 0.355 e. The molecule has 7 rings (SSSR count). The number of fused-ring (bicyclic) bond motifs is 3. The van der Waals surface area contributed by atoms with Crippen LogP contribution < -0.4 is 10.0 Å². The third-order valence-electron chi connectivity index (χ3n) is 8.69. The van der Waals surface area contributed by atoms with Crippen molar-refractivity contribution >= 4 is 51.3 Å². The molecule has 2 N–H and O–H groups in total. The normalized spacial score (nSPS) is 19.6. The minimum atomic E-state index is -1.40. The zero-order chi connectivity index (χ0) is 27.6. The van der Waals surface area contributed by atoms with Crippen LogP contribution in [0.1, 0.15) is 44.7 Å². The van der Waals surface area contributed by atoms with Crippen LogP contribution in [-0.2, 0) is 17.5 Å². The summed E-state index contributed by atoms with van der Waals surface area (Å²) in [5.74, 6) is 1.20. The molecule has 40 heavy (non-hydrogen) atoms. The first-order valence-electron chi connectivity index (χ1n) is 13.3. The highest BCUT2D eigenvalue weighted by Gasteiger charge is 2.50. The second-order valence-corrected chi connectivity index (χ2v) is 14.5. The molecule has 2 atom stereocenters. The third-order valence-corrected chi connectivity index (χ3v) is 11.5. The Balaban J connectivity index is 1.14. The van der Waals surface area contributed by atoms with Gasteiger partial charge in [-0.15, -0.1) is 0 Å². The highest BCUT2D eigenvalue weighted by atomic mass is 35.5. The summed E-state index contributed by atoms with van der Waals surface area (Å²) in [6.45, 7) is 6.64. The van der Waals surface area contributed by atoms with E-state index < -0.39 is 15.7 Å². The van der Waals surface area contributed by atoms with Gasteiger partial charge in [-0.2, -0.15) is 5.10 Å². The second kappa shape index (κ2) is 9.57. The monoisotopic (exact) mass is 595 g/mol. The lowest BCUT2D eigenvalue weighted by molar-refractivity contribution is 0.156. The van der Waals surface area contributed by atoms with Gasteiger partial charge in [0.1, 0.15) is 16.9 Å². The number of hydrogen-bond donors (Lipinski definition) is 1. The fraction of sp³-hybridized carbons (Fsp3) is 0.407. The quantitative estimate of drug-likeness (QED) is 0.306. The predicted octanol–water partition coefficient (Wildman–Crippen LogP) is 4.55. The van der Waals surface area contributed by atoms with Crippen molar-refractivity contribution < 1.29 is 4.21 Å². The number of pyridine rings is 1. The first kappa shape index (κ1) is 26.0. The molecule has 2 aliphatic heterocycles. The Morgan fingerprint density at radius 1 is 1.18 bits per heavy atom. The van der Waals surface area contributed by atoms with Gasteiger partial charge >= 0.3 is 0 Å². The number of rotatable bonds is 6. The number of nitrogens with zero attached hydrogens (tertiary/aromatic N) is 8. The Bertz CT molecular complexity index is 1750. The van der Waals surface area contributed by atoms with Crippen molar-refractivity contribution in [1.82, 2.24) is 33.5 Å². The van der Waals surface area contributed by atoms with Crippen LogP contribution in [0.2, 0.25) is 5.02 Å². The fourth-order valence-electron chi connectivity index (χ4n) is 6.38. The molecule has 0 amide bonds. The van der Waals surface area contributed by atoms with Crippen molar-refractivity contribution in [3.63, 3.8) is 0 Å². The van der Waals surface area contributed by atoms with Crippen LogP contribution in [0, 0.1) is 5.41 Å². The van der Waals surface area contributed by atoms with Gasteiger partial charge in [0.05, 0.1) is 33.1 Å². The van der Waals surface area contributed by atoms with Gasteiger partial charge in [0, 0.05) is 66.3 Å². The van der Waals surface area contributed by atoms with Crippen LogP contribution in [-0.4, -0.2) is 55.6 Å². The zero-order valence-electron chi connectivity index (χ0n) is 22.3. The Kier molecular flexibility index (Phi) is 6.22. The molecule has 0 saturated carbocycles. The minimum absolute atomic E-state index is 0.0608. The summed E-state index contributed by atoms with van der Waals surface area (Å²) < 4.78 is 18.0. The molecule has 1 unspecified atom stereocenters. The lowest BCUT2D eigenvalue weighted by Crippen LogP contribution is -2.45. The lowest BCUT2D eigenvalue weighted by Gasteiger charge is -2.44. The number of hydrogen-bond acceptors (Lipinski definition) is 7. The number of nitrogens with two attached hydrogens (primary N) is 1. The predicted molar refractivity (Wildman–Crippen MR) is 157 cm³/mol. The van der Waals surface area contributed by atoms with Gasteiger partial charge in [-0.25, -0.2) is 19.2 Å². The smallest absolute Gasteiger partial charge is 0.156 e. The summed E-state index contributed by atoms with van der Waals surface area (Å²) in [5, 5.41) is 12.1. The van der Waals surface area contributed by atoms with Crippen molar-refractivity contribution in [1.29, 1.82) is 0 Å². The van der Waals surface area contributed by atoms with Gasteiger partial charge in [-0.05, 0) is 45.2 Å². The maximum atomic E-state index is 12.3. The van der Waals surface area contributed by atoms with Crippen LogP contribution in [0.3, 0.4) is 0 Å². The van der Waals surface area contributed by atoms with E-state index in [4.69, 9.17) is 21.7 Å². The van der Waals surface area contributed by atoms with Crippen molar-refractivity contribution in [2.24, 2.45) is 10.6 Å². The van der Waals surface area contributed by atoms with Crippen LogP contribution in [0.25, 0.3) is 11.2 Å². The van der Waals surface area contributed by atoms with Gasteiger partial charge in [0.25, 0.3) is 0 Å². The molecule has 2 aliphatic rings. The summed E-state index contributed by atoms with van der Waals surface area (Å²) in [5.41, 5.74) is 2.99. The van der Waals surface area contributed by atoms with E-state index in [0.29, 0.717) is 5.02 Å². The standard InChI is InChI=1S/C27H30ClN9OS2/c1-26(2,40(29)38)13-18-19-3-7-33-37(19)16-27(18)5-10-35(11-6-27)24-20-14-30-17-36(20)22(15-32-24)39-21-4-9-34-12-8-31-25(34)23(21)28/h3-4,7-9,12,14-15,17-18H,5-6,10-11,13,16,29H2,1-2H3/t18-,40?/m1/s1. The summed E-state index contributed by atoms with van der Waals surface area (Å²) >= 11 is 8.23. The molecule has 1 saturated heterocycles. The molecule has 1 fully saturated rings. The number of imidazole rings is 2. The van der Waals surface area contributed by atoms with Gasteiger partial charge in [-0.3, -0.25) is 14.2 Å². The average molecular weight is 596 g/mol. The van der Waals surface area contributed by atoms with Crippen molar-refractivity contribution in [2.75, 3.05) is 18.0 Å². The van der Waals surface area contributed by atoms with Gasteiger partial charge < -0.3 is 9.30 Å². The maximum Gasteiger partial charge on any atom is 0.156 e. The summed E-state index contributed by atoms with van der Waals surface area (Å²) in [4.78, 5) is 17.0. The number of halogens is 1. The Labute approximate surface area is 243 Å². The van der Waals surface area contributed by atoms with Gasteiger partial charge in [0.15, 0.2) is 11.5 Å². The van der Waals surface area contributed by atoms with Crippen molar-refractivity contribution in [3.8, 4) is 0 Å². The van der Waals surface area contributed by atoms with Crippen LogP contribution in [0.15, 0.2) is 65.6 Å². The summed E-state index contributed by atoms with van der Waals surface area (Å²) in [6, 6.07) is 4.11. The number of piperidine rings is 1. The molecule has 5 aromatic rings. The SMILES string of the molecule is CC(C)(C[C@@H]1c2ccnn2CC12CCN(c1ncc(Sc3ccn4ccnc4c3Cl)n3cncc13)CC2)S(N)=O. The topological polar surface area (TPSA) is 112 Å². The van der Waals surface area contributed by atoms with Gasteiger partial charge in [0.2, 0.25) is 0 Å². The molecule has 208 valence electrons. The molecule has 0 aliphatic carbocycles. The number of aromatic nitrogens is 7. The molecular formula is C27H30ClN9OS2. The highest BCUT2D eigenvalue weighted by molar-refractivity contribution is 7.99. The van der Waals surface area contributed by atoms with E-state index in [-0.39, 0.29) is 11.3 Å². The van der Waals surface area contributed by atoms with Gasteiger partial charge in [-0.1, -0.05) is 23.4 Å². The molecule has 5 aromatic heterocycles. The minimum Gasteiger partial charge on any atom is -0.355 e. The van der Waals surface area contributed by atoms with E-state index in [1.165, 1.54) is 5.69 Å². The van der Waals surface area contributed by atoms with E-state index >= 15 is 0 Å². The maximum absolute atomic E-state index is 12.3. The molecule has 0 radical (unpaired) electrons. The van der Waals surface area contributed by atoms with Crippen LogP contribution in [0.4, 0.5) is 5.82 Å². The first-order valence-corrected chi connectivity index (χ1v) is 15.7. The molecular weight excluding hydrogens is 566 g/mol. The number of anilines is 1. The molecule has 0 bridgehead atoms. The molecule has 13 heteroatoms. The Morgan fingerprint density at radius 2 is 2.00 bits per heavy atom. The lowest BCUT2D eigenvalue weighted by atomic mass is 9.67. The Hall–Kier alpha value is -2.93. The summed E-state index contributed by atoms with van der Waals surface area (Å²) in [7, 11) is -1.40. The van der Waals surface area contributed by atoms with E-state index in [1.807, 2.05) is 61.6 Å². The molecule has 1 spiro atoms. The van der Waals surface area contributed by atoms with E-state index in [1.54, 1.807) is 18.0 Å². The first-order chi connectivity index (χ1) is 19.3. The fourth-order valence-corrected chi connectivity index (χ4v) is 7.92. The van der Waals surface area contributed by atoms with Crippen molar-refractivity contribution in [2.45, 2.75) is 60.2 Å². The third kappa shape index (κ3) is 4.15. The van der Waals surface area contributed by atoms with Crippen molar-refractivity contribution in [3.05, 3.63) is 66.4 Å². The molecule has 7 heterocycles. The van der Waals surface area contributed by atoms with E-state index in [9.17, 15) is 4.21 Å². The van der Waals surface area contributed by atoms with E-state index in [2.05, 4.69) is 35.1 Å². The second-order valence-electron chi connectivity index (χ2n) is 11.4. The summed E-state index contributed by atoms with van der Waals surface area (Å²) in [6.07, 6.45) is 15.8. The molecule has 10 nitrogen and oxygen atoms in total. The van der Waals surface area contributed by atoms with Crippen LogP contribution >= 0.6 is 23.4 Å². The van der Waals surface area contributed by atoms with E-state index in [0.717, 1.165) is 65.8 Å². The zero-order valence-corrected chi connectivity index (χ0v) is 24.7. The molecule has 0 aromatic carbocycles. The van der Waals surface area contributed by atoms with Crippen LogP contribution in [0.5, 0.6) is 0 Å².